The molecule has 182 valence electrons. The van der Waals surface area contributed by atoms with Crippen LogP contribution in [0.3, 0.4) is 0 Å². The summed E-state index contributed by atoms with van der Waals surface area (Å²) in [6.07, 6.45) is 12.0. The van der Waals surface area contributed by atoms with Crippen LogP contribution < -0.4 is 4.74 Å². The number of hydrogen-bond acceptors (Lipinski definition) is 6. The minimum absolute atomic E-state index is 0.0602. The van der Waals surface area contributed by atoms with Crippen LogP contribution in [0.4, 0.5) is 0 Å². The first-order chi connectivity index (χ1) is 16.5. The summed E-state index contributed by atoms with van der Waals surface area (Å²) in [7, 11) is 2.06. The van der Waals surface area contributed by atoms with Crippen LogP contribution in [0.15, 0.2) is 42.9 Å². The van der Waals surface area contributed by atoms with Crippen molar-refractivity contribution in [2.45, 2.75) is 58.2 Å². The van der Waals surface area contributed by atoms with Gasteiger partial charge in [0.1, 0.15) is 11.7 Å². The molecular weight excluding hydrogens is 428 g/mol. The molecule has 0 fully saturated rings. The van der Waals surface area contributed by atoms with Crippen molar-refractivity contribution in [3.05, 3.63) is 59.6 Å². The lowest BCUT2D eigenvalue weighted by Gasteiger charge is -2.37. The molecule has 7 heteroatoms. The van der Waals surface area contributed by atoms with E-state index < -0.39 is 0 Å². The van der Waals surface area contributed by atoms with Crippen molar-refractivity contribution in [1.82, 2.24) is 19.8 Å². The van der Waals surface area contributed by atoms with E-state index in [1.165, 1.54) is 12.0 Å². The van der Waals surface area contributed by atoms with Crippen LogP contribution in [0.5, 0.6) is 5.88 Å². The number of carbonyl (C=O) groups is 1. The number of ether oxygens (including phenoxy) is 1. The number of aliphatic hydroxyl groups excluding tert-OH is 1. The largest absolute Gasteiger partial charge is 0.472 e. The number of pyridine rings is 2. The normalized spacial score (nSPS) is 21.9. The fourth-order valence-electron chi connectivity index (χ4n) is 4.77. The van der Waals surface area contributed by atoms with Gasteiger partial charge in [0.2, 0.25) is 5.88 Å². The molecule has 1 aliphatic carbocycles. The third-order valence-electron chi connectivity index (χ3n) is 6.85. The molecule has 0 saturated carbocycles. The van der Waals surface area contributed by atoms with Crippen LogP contribution >= 0.6 is 0 Å². The summed E-state index contributed by atoms with van der Waals surface area (Å²) in [6, 6.07) is 5.66. The molecule has 1 N–H and O–H groups in total. The van der Waals surface area contributed by atoms with E-state index in [2.05, 4.69) is 41.0 Å². The van der Waals surface area contributed by atoms with E-state index in [0.717, 1.165) is 36.9 Å². The Kier molecular flexibility index (Phi) is 7.95. The van der Waals surface area contributed by atoms with Crippen LogP contribution in [-0.2, 0) is 6.54 Å². The maximum Gasteiger partial charge on any atom is 0.259 e. The summed E-state index contributed by atoms with van der Waals surface area (Å²) in [6.45, 7) is 5.84. The summed E-state index contributed by atoms with van der Waals surface area (Å²) in [4.78, 5) is 26.4. The number of likely N-dealkylation sites (N-methyl/N-ethyl adjacent to an activating group) is 1. The molecule has 0 unspecified atom stereocenters. The van der Waals surface area contributed by atoms with Gasteiger partial charge < -0.3 is 14.7 Å². The Balaban J connectivity index is 1.63. The topological polar surface area (TPSA) is 78.8 Å². The van der Waals surface area contributed by atoms with E-state index in [1.807, 2.05) is 31.5 Å². The van der Waals surface area contributed by atoms with Crippen molar-refractivity contribution in [3.63, 3.8) is 0 Å². The summed E-state index contributed by atoms with van der Waals surface area (Å²) in [5.74, 6) is 0.313. The molecule has 1 amide bonds. The highest BCUT2D eigenvalue weighted by atomic mass is 16.5. The first-order valence-corrected chi connectivity index (χ1v) is 12.3. The van der Waals surface area contributed by atoms with Crippen molar-refractivity contribution in [2.24, 2.45) is 5.92 Å². The third-order valence-corrected chi connectivity index (χ3v) is 6.85. The maximum atomic E-state index is 13.6. The van der Waals surface area contributed by atoms with Gasteiger partial charge in [0.05, 0.1) is 12.6 Å². The monoisotopic (exact) mass is 464 g/mol. The Hall–Kier alpha value is -2.77. The van der Waals surface area contributed by atoms with E-state index in [4.69, 9.17) is 4.74 Å². The number of rotatable bonds is 7. The zero-order chi connectivity index (χ0) is 24.1. The van der Waals surface area contributed by atoms with E-state index in [1.54, 1.807) is 11.1 Å². The minimum Gasteiger partial charge on any atom is -0.472 e. The van der Waals surface area contributed by atoms with E-state index in [-0.39, 0.29) is 30.6 Å². The summed E-state index contributed by atoms with van der Waals surface area (Å²) in [5.41, 5.74) is 3.86. The number of aromatic nitrogens is 2. The third kappa shape index (κ3) is 5.65. The molecule has 7 nitrogen and oxygen atoms in total. The quantitative estimate of drug-likeness (QED) is 0.672. The number of carbonyl (C=O) groups excluding carboxylic acids is 1. The fraction of sp³-hybridized carbons (Fsp3) is 0.519. The second kappa shape index (κ2) is 11.1. The van der Waals surface area contributed by atoms with Crippen molar-refractivity contribution >= 4 is 11.5 Å². The number of aliphatic hydroxyl groups is 1. The molecule has 34 heavy (non-hydrogen) atoms. The van der Waals surface area contributed by atoms with Crippen molar-refractivity contribution in [2.75, 3.05) is 26.7 Å². The van der Waals surface area contributed by atoms with Crippen molar-refractivity contribution in [1.29, 1.82) is 0 Å². The van der Waals surface area contributed by atoms with Crippen LogP contribution in [0.25, 0.3) is 5.57 Å². The van der Waals surface area contributed by atoms with Crippen LogP contribution in [0, 0.1) is 5.92 Å². The summed E-state index contributed by atoms with van der Waals surface area (Å²) < 4.78 is 6.43. The van der Waals surface area contributed by atoms with Gasteiger partial charge in [0.25, 0.3) is 5.91 Å². The van der Waals surface area contributed by atoms with Crippen molar-refractivity contribution < 1.29 is 14.6 Å². The highest BCUT2D eigenvalue weighted by Gasteiger charge is 2.34. The van der Waals surface area contributed by atoms with Gasteiger partial charge in [-0.05, 0) is 68.5 Å². The average molecular weight is 465 g/mol. The summed E-state index contributed by atoms with van der Waals surface area (Å²) in [5, 5.41) is 9.87. The van der Waals surface area contributed by atoms with Gasteiger partial charge >= 0.3 is 0 Å². The average Bonchev–Trinajstić information content (AvgIpc) is 2.86. The zero-order valence-corrected chi connectivity index (χ0v) is 20.5. The highest BCUT2D eigenvalue weighted by molar-refractivity contribution is 5.97. The molecule has 3 atom stereocenters. The lowest BCUT2D eigenvalue weighted by atomic mass is 9.93. The summed E-state index contributed by atoms with van der Waals surface area (Å²) >= 11 is 0. The molecule has 0 bridgehead atoms. The number of nitrogens with zero attached hydrogens (tertiary/aromatic N) is 4. The first-order valence-electron chi connectivity index (χ1n) is 12.3. The van der Waals surface area contributed by atoms with E-state index in [9.17, 15) is 9.90 Å². The van der Waals surface area contributed by atoms with Gasteiger partial charge in [-0.3, -0.25) is 14.7 Å². The number of amides is 1. The van der Waals surface area contributed by atoms with Crippen LogP contribution in [-0.4, -0.2) is 69.7 Å². The predicted molar refractivity (Wildman–Crippen MR) is 132 cm³/mol. The predicted octanol–water partition coefficient (Wildman–Crippen LogP) is 3.79. The van der Waals surface area contributed by atoms with Gasteiger partial charge in [0.15, 0.2) is 0 Å². The number of fused-ring (bicyclic) bond motifs is 1. The molecule has 0 radical (unpaired) electrons. The van der Waals surface area contributed by atoms with Crippen LogP contribution in [0.1, 0.15) is 61.0 Å². The minimum atomic E-state index is -0.285. The van der Waals surface area contributed by atoms with Gasteiger partial charge in [-0.15, -0.1) is 0 Å². The van der Waals surface area contributed by atoms with Gasteiger partial charge in [0, 0.05) is 44.1 Å². The standard InChI is InChI=1S/C27H36N4O3/c1-19-15-31(20(2)18-32)27(33)24-12-23(22-9-5-4-6-10-22)14-29-26(24)34-25(19)17-30(3)16-21-8-7-11-28-13-21/h7-9,11-14,19-20,25,32H,4-6,10,15-18H2,1-3H3/t19-,20-,25-/m1/s1. The SMILES string of the molecule is C[C@@H]1CN([C@H](C)CO)C(=O)c2cc(C3=CCCCC3)cnc2O[C@@H]1CN(C)Cc1cccnc1. The first kappa shape index (κ1) is 24.4. The van der Waals surface area contributed by atoms with Gasteiger partial charge in [-0.2, -0.15) is 0 Å². The molecule has 0 aromatic carbocycles. The molecule has 2 aromatic rings. The Morgan fingerprint density at radius 2 is 2.18 bits per heavy atom. The lowest BCUT2D eigenvalue weighted by Crippen LogP contribution is -2.49. The van der Waals surface area contributed by atoms with Gasteiger partial charge in [-0.25, -0.2) is 4.98 Å². The smallest absolute Gasteiger partial charge is 0.259 e. The Morgan fingerprint density at radius 1 is 1.32 bits per heavy atom. The van der Waals surface area contributed by atoms with Crippen LogP contribution in [0.2, 0.25) is 0 Å². The molecule has 2 aliphatic rings. The molecular formula is C27H36N4O3. The second-order valence-corrected chi connectivity index (χ2v) is 9.73. The molecule has 0 saturated heterocycles. The maximum absolute atomic E-state index is 13.6. The Labute approximate surface area is 202 Å². The van der Waals surface area contributed by atoms with Crippen molar-refractivity contribution in [3.8, 4) is 5.88 Å². The van der Waals surface area contributed by atoms with E-state index in [0.29, 0.717) is 24.5 Å². The zero-order valence-electron chi connectivity index (χ0n) is 20.5. The highest BCUT2D eigenvalue weighted by Crippen LogP contribution is 2.32. The molecule has 0 spiro atoms. The molecule has 4 rings (SSSR count). The Morgan fingerprint density at radius 3 is 2.88 bits per heavy atom. The molecule has 3 heterocycles. The fourth-order valence-corrected chi connectivity index (χ4v) is 4.77. The molecule has 2 aromatic heterocycles. The number of allylic oxidation sites excluding steroid dienone is 2. The second-order valence-electron chi connectivity index (χ2n) is 9.73. The van der Waals surface area contributed by atoms with Gasteiger partial charge in [-0.1, -0.05) is 19.1 Å². The Bertz CT molecular complexity index is 1010. The lowest BCUT2D eigenvalue weighted by molar-refractivity contribution is 0.0325. The number of hydrogen-bond donors (Lipinski definition) is 1. The molecule has 1 aliphatic heterocycles. The van der Waals surface area contributed by atoms with E-state index >= 15 is 0 Å².